The maximum Gasteiger partial charge on any atom is 0.257 e. The molecule has 2 amide bonds. The van der Waals surface area contributed by atoms with Crippen molar-refractivity contribution < 1.29 is 14.3 Å². The lowest BCUT2D eigenvalue weighted by Crippen LogP contribution is -2.40. The minimum absolute atomic E-state index is 0.0193. The molecule has 0 aromatic carbocycles. The number of aryl methyl sites for hydroxylation is 1. The zero-order valence-electron chi connectivity index (χ0n) is 18.6. The molecule has 1 fully saturated rings. The summed E-state index contributed by atoms with van der Waals surface area (Å²) in [4.78, 5) is 38.3. The van der Waals surface area contributed by atoms with Crippen LogP contribution in [0.1, 0.15) is 21.5 Å². The van der Waals surface area contributed by atoms with Crippen LogP contribution >= 0.6 is 11.8 Å². The summed E-state index contributed by atoms with van der Waals surface area (Å²) in [6, 6.07) is 7.27. The van der Waals surface area contributed by atoms with Gasteiger partial charge in [-0.3, -0.25) is 19.3 Å². The quantitative estimate of drug-likeness (QED) is 0.492. The Morgan fingerprint density at radius 3 is 2.76 bits per heavy atom. The molecule has 0 N–H and O–H groups in total. The van der Waals surface area contributed by atoms with Crippen LogP contribution in [-0.4, -0.2) is 73.4 Å². The molecule has 9 nitrogen and oxygen atoms in total. The van der Waals surface area contributed by atoms with Gasteiger partial charge in [0.2, 0.25) is 5.91 Å². The summed E-state index contributed by atoms with van der Waals surface area (Å²) >= 11 is 1.41. The van der Waals surface area contributed by atoms with Gasteiger partial charge in [-0.15, -0.1) is 11.8 Å². The predicted molar refractivity (Wildman–Crippen MR) is 123 cm³/mol. The number of carbonyl (C=O) groups is 2. The van der Waals surface area contributed by atoms with Crippen molar-refractivity contribution in [1.82, 2.24) is 29.5 Å². The van der Waals surface area contributed by atoms with Crippen molar-refractivity contribution in [2.45, 2.75) is 24.3 Å². The van der Waals surface area contributed by atoms with Crippen LogP contribution in [0.25, 0.3) is 0 Å². The fourth-order valence-corrected chi connectivity index (χ4v) is 4.29. The number of nitrogens with zero attached hydrogens (tertiary/aromatic N) is 6. The highest BCUT2D eigenvalue weighted by Gasteiger charge is 2.32. The molecular formula is C23H26N6O3S. The summed E-state index contributed by atoms with van der Waals surface area (Å²) in [5, 5.41) is 4.83. The van der Waals surface area contributed by atoms with Crippen molar-refractivity contribution in [3.05, 3.63) is 71.9 Å². The highest BCUT2D eigenvalue weighted by molar-refractivity contribution is 7.98. The summed E-state index contributed by atoms with van der Waals surface area (Å²) in [7, 11) is 1.84. The average molecular weight is 467 g/mol. The van der Waals surface area contributed by atoms with Gasteiger partial charge in [-0.05, 0) is 30.0 Å². The molecule has 172 valence electrons. The number of rotatable bonds is 7. The van der Waals surface area contributed by atoms with E-state index >= 15 is 0 Å². The Labute approximate surface area is 196 Å². The van der Waals surface area contributed by atoms with Gasteiger partial charge in [-0.2, -0.15) is 5.10 Å². The highest BCUT2D eigenvalue weighted by Crippen LogP contribution is 2.21. The third-order valence-corrected chi connectivity index (χ3v) is 6.06. The van der Waals surface area contributed by atoms with E-state index in [4.69, 9.17) is 4.74 Å². The minimum Gasteiger partial charge on any atom is -0.370 e. The summed E-state index contributed by atoms with van der Waals surface area (Å²) in [5.74, 6) is -0.353. The lowest BCUT2D eigenvalue weighted by molar-refractivity contribution is -0.132. The van der Waals surface area contributed by atoms with E-state index in [1.54, 1.807) is 51.4 Å². The standard InChI is InChI=1S/C23H26N6O3S/c1-27-11-18(10-26-27)12-28-13-19(32-16-17-5-3-7-24-9-17)14-29(15-21(28)30)23(31)20-6-4-8-25-22(20)33-2/h3-11,19H,12-16H2,1-2H3. The molecule has 0 spiro atoms. The minimum atomic E-state index is -0.355. The highest BCUT2D eigenvalue weighted by atomic mass is 32.2. The molecule has 0 bridgehead atoms. The van der Waals surface area contributed by atoms with Crippen molar-refractivity contribution in [3.63, 3.8) is 0 Å². The Morgan fingerprint density at radius 1 is 1.18 bits per heavy atom. The molecule has 4 heterocycles. The van der Waals surface area contributed by atoms with E-state index in [2.05, 4.69) is 15.1 Å². The van der Waals surface area contributed by atoms with Crippen molar-refractivity contribution in [2.75, 3.05) is 25.9 Å². The monoisotopic (exact) mass is 466 g/mol. The van der Waals surface area contributed by atoms with Crippen molar-refractivity contribution in [3.8, 4) is 0 Å². The van der Waals surface area contributed by atoms with Gasteiger partial charge < -0.3 is 14.5 Å². The molecule has 1 aliphatic heterocycles. The fraction of sp³-hybridized carbons (Fsp3) is 0.348. The Hall–Kier alpha value is -3.24. The molecule has 1 aliphatic rings. The Kier molecular flexibility index (Phi) is 7.36. The van der Waals surface area contributed by atoms with E-state index in [-0.39, 0.29) is 24.5 Å². The van der Waals surface area contributed by atoms with Crippen LogP contribution in [0.2, 0.25) is 0 Å². The van der Waals surface area contributed by atoms with Crippen LogP contribution in [0.5, 0.6) is 0 Å². The normalized spacial score (nSPS) is 16.7. The van der Waals surface area contributed by atoms with Crippen LogP contribution in [0.4, 0.5) is 0 Å². The Bertz CT molecular complexity index is 1110. The van der Waals surface area contributed by atoms with E-state index in [1.165, 1.54) is 11.8 Å². The lowest BCUT2D eigenvalue weighted by atomic mass is 10.2. The van der Waals surface area contributed by atoms with Crippen LogP contribution in [-0.2, 0) is 29.7 Å². The van der Waals surface area contributed by atoms with E-state index in [0.717, 1.165) is 11.1 Å². The second kappa shape index (κ2) is 10.6. The number of thioether (sulfide) groups is 1. The molecule has 3 aromatic heterocycles. The average Bonchev–Trinajstić information content (AvgIpc) is 3.18. The van der Waals surface area contributed by atoms with Crippen LogP contribution in [0.15, 0.2) is 60.3 Å². The first-order chi connectivity index (χ1) is 16.0. The largest absolute Gasteiger partial charge is 0.370 e. The first-order valence-corrected chi connectivity index (χ1v) is 11.8. The molecule has 0 aliphatic carbocycles. The maximum atomic E-state index is 13.4. The number of pyridine rings is 2. The zero-order chi connectivity index (χ0) is 23.2. The predicted octanol–water partition coefficient (Wildman–Crippen LogP) is 2.00. The van der Waals surface area contributed by atoms with E-state index in [0.29, 0.717) is 36.8 Å². The second-order valence-corrected chi connectivity index (χ2v) is 8.63. The third-order valence-electron chi connectivity index (χ3n) is 5.35. The number of hydrogen-bond acceptors (Lipinski definition) is 7. The maximum absolute atomic E-state index is 13.4. The first-order valence-electron chi connectivity index (χ1n) is 10.6. The molecule has 0 radical (unpaired) electrons. The number of aromatic nitrogens is 4. The third kappa shape index (κ3) is 5.77. The summed E-state index contributed by atoms with van der Waals surface area (Å²) in [6.45, 7) is 1.41. The molecule has 1 unspecified atom stereocenters. The first kappa shape index (κ1) is 22.9. The van der Waals surface area contributed by atoms with E-state index in [1.807, 2.05) is 31.6 Å². The van der Waals surface area contributed by atoms with Crippen LogP contribution in [0, 0.1) is 0 Å². The molecule has 1 atom stereocenters. The van der Waals surface area contributed by atoms with E-state index in [9.17, 15) is 9.59 Å². The van der Waals surface area contributed by atoms with Gasteiger partial charge in [-0.25, -0.2) is 4.98 Å². The number of hydrogen-bond donors (Lipinski definition) is 0. The summed E-state index contributed by atoms with van der Waals surface area (Å²) < 4.78 is 7.88. The Morgan fingerprint density at radius 2 is 2.03 bits per heavy atom. The molecule has 4 rings (SSSR count). The Balaban J connectivity index is 1.56. The second-order valence-electron chi connectivity index (χ2n) is 7.84. The van der Waals surface area contributed by atoms with Crippen molar-refractivity contribution >= 4 is 23.6 Å². The lowest BCUT2D eigenvalue weighted by Gasteiger charge is -2.25. The van der Waals surface area contributed by atoms with Gasteiger partial charge >= 0.3 is 0 Å². The zero-order valence-corrected chi connectivity index (χ0v) is 19.4. The van der Waals surface area contributed by atoms with Crippen molar-refractivity contribution in [1.29, 1.82) is 0 Å². The van der Waals surface area contributed by atoms with Gasteiger partial charge in [0.15, 0.2) is 0 Å². The van der Waals surface area contributed by atoms with E-state index < -0.39 is 0 Å². The van der Waals surface area contributed by atoms with Crippen LogP contribution < -0.4 is 0 Å². The smallest absolute Gasteiger partial charge is 0.257 e. The molecule has 1 saturated heterocycles. The van der Waals surface area contributed by atoms with Gasteiger partial charge in [0.1, 0.15) is 11.6 Å². The van der Waals surface area contributed by atoms with Gasteiger partial charge in [0.25, 0.3) is 5.91 Å². The number of ether oxygens (including phenoxy) is 1. The van der Waals surface area contributed by atoms with Crippen LogP contribution in [0.3, 0.4) is 0 Å². The van der Waals surface area contributed by atoms with Crippen molar-refractivity contribution in [2.24, 2.45) is 7.05 Å². The molecular weight excluding hydrogens is 440 g/mol. The van der Waals surface area contributed by atoms with Gasteiger partial charge in [-0.1, -0.05) is 6.07 Å². The summed E-state index contributed by atoms with van der Waals surface area (Å²) in [6.07, 6.45) is 10.3. The van der Waals surface area contributed by atoms with Gasteiger partial charge in [0, 0.05) is 57.0 Å². The number of carbonyl (C=O) groups excluding carboxylic acids is 2. The molecule has 33 heavy (non-hydrogen) atoms. The number of amides is 2. The molecule has 10 heteroatoms. The van der Waals surface area contributed by atoms with Gasteiger partial charge in [0.05, 0.1) is 24.5 Å². The fourth-order valence-electron chi connectivity index (χ4n) is 3.75. The summed E-state index contributed by atoms with van der Waals surface area (Å²) in [5.41, 5.74) is 2.35. The topological polar surface area (TPSA) is 93.5 Å². The molecule has 0 saturated carbocycles. The SMILES string of the molecule is CSc1ncccc1C(=O)N1CC(=O)N(Cc2cnn(C)c2)CC(OCc2cccnc2)C1. The molecule has 3 aromatic rings.